The Hall–Kier alpha value is -4.27. The van der Waals surface area contributed by atoms with Gasteiger partial charge in [0.2, 0.25) is 0 Å². The summed E-state index contributed by atoms with van der Waals surface area (Å²) in [4.78, 5) is 26.8. The van der Waals surface area contributed by atoms with Gasteiger partial charge in [-0.1, -0.05) is 60.2 Å². The smallest absolute Gasteiger partial charge is 0.296 e. The summed E-state index contributed by atoms with van der Waals surface area (Å²) in [6, 6.07) is 23.4. The highest BCUT2D eigenvalue weighted by Gasteiger charge is 2.37. The summed E-state index contributed by atoms with van der Waals surface area (Å²) in [5.74, 6) is -0.950. The van der Waals surface area contributed by atoms with E-state index in [1.165, 1.54) is 12.1 Å². The van der Waals surface area contributed by atoms with Gasteiger partial charge >= 0.3 is 0 Å². The molecule has 0 aromatic heterocycles. The monoisotopic (exact) mass is 484 g/mol. The normalized spacial score (nSPS) is 12.6. The van der Waals surface area contributed by atoms with Crippen LogP contribution in [0.25, 0.3) is 0 Å². The molecule has 35 heavy (non-hydrogen) atoms. The van der Waals surface area contributed by atoms with Crippen molar-refractivity contribution in [3.05, 3.63) is 113 Å². The number of hydrogen-bond acceptors (Lipinski definition) is 6. The average Bonchev–Trinajstić information content (AvgIpc) is 2.84. The topological polar surface area (TPSA) is 113 Å². The van der Waals surface area contributed by atoms with Crippen molar-refractivity contribution in [2.45, 2.75) is 11.8 Å². The largest absolute Gasteiger partial charge is 0.355 e. The first-order valence-electron chi connectivity index (χ1n) is 10.8. The molecule has 1 aliphatic rings. The van der Waals surface area contributed by atoms with Crippen LogP contribution in [0.1, 0.15) is 37.4 Å². The number of aryl methyl sites for hydroxylation is 1. The lowest BCUT2D eigenvalue weighted by atomic mass is 9.82. The Morgan fingerprint density at radius 2 is 1.23 bits per heavy atom. The van der Waals surface area contributed by atoms with E-state index in [0.29, 0.717) is 11.4 Å². The molecule has 174 valence electrons. The molecule has 4 aromatic carbocycles. The van der Waals surface area contributed by atoms with Crippen LogP contribution in [0.4, 0.5) is 22.7 Å². The predicted octanol–water partition coefficient (Wildman–Crippen LogP) is 5.50. The fourth-order valence-electron chi connectivity index (χ4n) is 4.15. The SMILES string of the molecule is Cc1ccc(Nc2cc(S(=O)(=O)O)c(Nc3ccccc3)c3c2C(=O)c2ccccc2C3=O)cc1. The second-order valence-corrected chi connectivity index (χ2v) is 9.60. The Morgan fingerprint density at radius 3 is 1.83 bits per heavy atom. The summed E-state index contributed by atoms with van der Waals surface area (Å²) in [5.41, 5.74) is 2.32. The third-order valence-electron chi connectivity index (χ3n) is 5.81. The molecule has 0 radical (unpaired) electrons. The number of hydrogen-bond donors (Lipinski definition) is 3. The lowest BCUT2D eigenvalue weighted by Crippen LogP contribution is -2.25. The number of carbonyl (C=O) groups is 2. The van der Waals surface area contributed by atoms with Gasteiger partial charge in [-0.2, -0.15) is 8.42 Å². The Kier molecular flexibility index (Phi) is 5.47. The fraction of sp³-hybridized carbons (Fsp3) is 0.0370. The van der Waals surface area contributed by atoms with E-state index in [9.17, 15) is 22.6 Å². The van der Waals surface area contributed by atoms with E-state index in [2.05, 4.69) is 10.6 Å². The molecule has 0 atom stereocenters. The van der Waals surface area contributed by atoms with Crippen LogP contribution in [-0.2, 0) is 10.1 Å². The first kappa shape index (κ1) is 22.5. The maximum atomic E-state index is 13.7. The Bertz CT molecular complexity index is 1600. The third-order valence-corrected chi connectivity index (χ3v) is 6.69. The van der Waals surface area contributed by atoms with Crippen molar-refractivity contribution < 1.29 is 22.6 Å². The molecule has 4 aromatic rings. The van der Waals surface area contributed by atoms with Gasteiger partial charge in [0.15, 0.2) is 11.6 Å². The summed E-state index contributed by atoms with van der Waals surface area (Å²) < 4.78 is 35.1. The third kappa shape index (κ3) is 4.09. The van der Waals surface area contributed by atoms with E-state index in [0.717, 1.165) is 5.56 Å². The van der Waals surface area contributed by atoms with Gasteiger partial charge in [0.25, 0.3) is 10.1 Å². The van der Waals surface area contributed by atoms with Gasteiger partial charge in [-0.05, 0) is 37.3 Å². The quantitative estimate of drug-likeness (QED) is 0.282. The molecule has 1 aliphatic carbocycles. The average molecular weight is 485 g/mol. The maximum Gasteiger partial charge on any atom is 0.296 e. The minimum Gasteiger partial charge on any atom is -0.355 e. The van der Waals surface area contributed by atoms with Crippen molar-refractivity contribution in [1.29, 1.82) is 0 Å². The lowest BCUT2D eigenvalue weighted by molar-refractivity contribution is 0.0980. The van der Waals surface area contributed by atoms with Crippen LogP contribution in [0.3, 0.4) is 0 Å². The summed E-state index contributed by atoms with van der Waals surface area (Å²) in [6.07, 6.45) is 0. The van der Waals surface area contributed by atoms with Gasteiger partial charge in [-0.25, -0.2) is 0 Å². The fourth-order valence-corrected chi connectivity index (χ4v) is 4.83. The van der Waals surface area contributed by atoms with Gasteiger partial charge in [0, 0.05) is 22.5 Å². The molecule has 3 N–H and O–H groups in total. The van der Waals surface area contributed by atoms with Gasteiger partial charge in [-0.15, -0.1) is 0 Å². The summed E-state index contributed by atoms with van der Waals surface area (Å²) in [6.45, 7) is 1.92. The highest BCUT2D eigenvalue weighted by molar-refractivity contribution is 7.86. The zero-order valence-electron chi connectivity index (χ0n) is 18.6. The lowest BCUT2D eigenvalue weighted by Gasteiger charge is -2.25. The standard InChI is InChI=1S/C27H20N2O5S/c1-16-11-13-18(14-12-16)28-21-15-22(35(32,33)34)25(29-17-7-3-2-4-8-17)24-23(21)26(30)19-9-5-6-10-20(19)27(24)31/h2-15,28-29H,1H3,(H,32,33,34). The number of carbonyl (C=O) groups excluding carboxylic acids is 2. The molecular formula is C27H20N2O5S. The summed E-state index contributed by atoms with van der Waals surface area (Å²) in [7, 11) is -4.79. The first-order valence-corrected chi connectivity index (χ1v) is 12.2. The molecular weight excluding hydrogens is 464 g/mol. The second-order valence-electron chi connectivity index (χ2n) is 8.21. The maximum absolute atomic E-state index is 13.7. The molecule has 7 nitrogen and oxygen atoms in total. The molecule has 0 bridgehead atoms. The van der Waals surface area contributed by atoms with Gasteiger partial charge in [0.1, 0.15) is 4.90 Å². The van der Waals surface area contributed by atoms with Gasteiger partial charge < -0.3 is 10.6 Å². The molecule has 5 rings (SSSR count). The van der Waals surface area contributed by atoms with Crippen LogP contribution in [0.5, 0.6) is 0 Å². The van der Waals surface area contributed by atoms with E-state index in [-0.39, 0.29) is 33.6 Å². The molecule has 0 saturated heterocycles. The highest BCUT2D eigenvalue weighted by Crippen LogP contribution is 2.42. The number of fused-ring (bicyclic) bond motifs is 2. The highest BCUT2D eigenvalue weighted by atomic mass is 32.2. The zero-order chi connectivity index (χ0) is 24.7. The molecule has 8 heteroatoms. The number of benzene rings is 4. The van der Waals surface area contributed by atoms with E-state index >= 15 is 0 Å². The van der Waals surface area contributed by atoms with Crippen LogP contribution in [0.2, 0.25) is 0 Å². The van der Waals surface area contributed by atoms with E-state index in [4.69, 9.17) is 0 Å². The molecule has 0 saturated carbocycles. The van der Waals surface area contributed by atoms with Crippen molar-refractivity contribution in [3.63, 3.8) is 0 Å². The van der Waals surface area contributed by atoms with Gasteiger partial charge in [-0.3, -0.25) is 14.1 Å². The van der Waals surface area contributed by atoms with E-state index in [1.54, 1.807) is 60.7 Å². The van der Waals surface area contributed by atoms with Crippen LogP contribution >= 0.6 is 0 Å². The molecule has 0 unspecified atom stereocenters. The summed E-state index contributed by atoms with van der Waals surface area (Å²) in [5, 5.41) is 6.02. The molecule has 0 fully saturated rings. The Balaban J connectivity index is 1.82. The predicted molar refractivity (Wildman–Crippen MR) is 134 cm³/mol. The second kappa shape index (κ2) is 8.50. The molecule has 0 heterocycles. The van der Waals surface area contributed by atoms with Crippen molar-refractivity contribution in [1.82, 2.24) is 0 Å². The molecule has 0 aliphatic heterocycles. The van der Waals surface area contributed by atoms with Crippen LogP contribution in [0, 0.1) is 6.92 Å². The minimum absolute atomic E-state index is 0.0279. The first-order chi connectivity index (χ1) is 16.7. The minimum atomic E-state index is -4.79. The van der Waals surface area contributed by atoms with Crippen LogP contribution < -0.4 is 10.6 Å². The number of rotatable bonds is 5. The van der Waals surface area contributed by atoms with Crippen molar-refractivity contribution >= 4 is 44.4 Å². The van der Waals surface area contributed by atoms with Crippen molar-refractivity contribution in [2.75, 3.05) is 10.6 Å². The number of anilines is 4. The zero-order valence-corrected chi connectivity index (χ0v) is 19.4. The number of para-hydroxylation sites is 1. The Labute approximate surface area is 202 Å². The van der Waals surface area contributed by atoms with Crippen molar-refractivity contribution in [3.8, 4) is 0 Å². The number of nitrogens with one attached hydrogen (secondary N) is 2. The van der Waals surface area contributed by atoms with Crippen LogP contribution in [0.15, 0.2) is 89.8 Å². The van der Waals surface area contributed by atoms with E-state index in [1.807, 2.05) is 19.1 Å². The summed E-state index contributed by atoms with van der Waals surface area (Å²) >= 11 is 0. The molecule has 0 amide bonds. The van der Waals surface area contributed by atoms with Crippen molar-refractivity contribution in [2.24, 2.45) is 0 Å². The number of ketones is 2. The Morgan fingerprint density at radius 1 is 0.686 bits per heavy atom. The van der Waals surface area contributed by atoms with Gasteiger partial charge in [0.05, 0.1) is 22.5 Å². The van der Waals surface area contributed by atoms with E-state index < -0.39 is 26.6 Å². The molecule has 0 spiro atoms. The van der Waals surface area contributed by atoms with Crippen LogP contribution in [-0.4, -0.2) is 24.5 Å².